The molecular formula is C7H13N3. The first-order valence-electron chi connectivity index (χ1n) is 3.75. The van der Waals surface area contributed by atoms with Gasteiger partial charge in [0.1, 0.15) is 0 Å². The van der Waals surface area contributed by atoms with Crippen molar-refractivity contribution in [2.24, 2.45) is 0 Å². The van der Waals surface area contributed by atoms with Gasteiger partial charge in [-0.1, -0.05) is 18.6 Å². The van der Waals surface area contributed by atoms with E-state index < -0.39 is 0 Å². The predicted molar refractivity (Wildman–Crippen MR) is 39.7 cm³/mol. The molecule has 0 atom stereocenters. The first-order valence-corrected chi connectivity index (χ1v) is 3.75. The van der Waals surface area contributed by atoms with Gasteiger partial charge in [-0.3, -0.25) is 0 Å². The Morgan fingerprint density at radius 3 is 2.90 bits per heavy atom. The van der Waals surface area contributed by atoms with Crippen LogP contribution in [0.1, 0.15) is 26.0 Å². The number of hydrogen-bond acceptors (Lipinski definition) is 2. The van der Waals surface area contributed by atoms with Gasteiger partial charge in [-0.15, -0.1) is 5.10 Å². The summed E-state index contributed by atoms with van der Waals surface area (Å²) in [6.45, 7) is 5.16. The van der Waals surface area contributed by atoms with Crippen LogP contribution in [0.5, 0.6) is 0 Å². The zero-order valence-electron chi connectivity index (χ0n) is 6.54. The van der Waals surface area contributed by atoms with E-state index in [2.05, 4.69) is 24.2 Å². The lowest BCUT2D eigenvalue weighted by Crippen LogP contribution is -2.01. The van der Waals surface area contributed by atoms with Gasteiger partial charge in [0.05, 0.1) is 11.9 Å². The Hall–Kier alpha value is -0.860. The average molecular weight is 139 g/mol. The Bertz CT molecular complexity index is 192. The Morgan fingerprint density at radius 2 is 2.30 bits per heavy atom. The third kappa shape index (κ3) is 1.35. The van der Waals surface area contributed by atoms with E-state index in [4.69, 9.17) is 0 Å². The largest absolute Gasteiger partial charge is 0.250 e. The second-order valence-corrected chi connectivity index (χ2v) is 2.29. The SMILES string of the molecule is CCCc1cnnn1CC. The van der Waals surface area contributed by atoms with Crippen molar-refractivity contribution in [2.75, 3.05) is 0 Å². The lowest BCUT2D eigenvalue weighted by atomic mass is 10.3. The van der Waals surface area contributed by atoms with E-state index in [0.717, 1.165) is 19.4 Å². The van der Waals surface area contributed by atoms with Crippen LogP contribution in [0, 0.1) is 0 Å². The summed E-state index contributed by atoms with van der Waals surface area (Å²) >= 11 is 0. The van der Waals surface area contributed by atoms with Gasteiger partial charge in [-0.05, 0) is 13.3 Å². The van der Waals surface area contributed by atoms with Gasteiger partial charge < -0.3 is 0 Å². The maximum absolute atomic E-state index is 3.92. The molecule has 56 valence electrons. The van der Waals surface area contributed by atoms with Crippen molar-refractivity contribution in [2.45, 2.75) is 33.2 Å². The molecule has 0 amide bonds. The molecule has 1 aromatic rings. The standard InChI is InChI=1S/C7H13N3/c1-3-5-7-6-8-9-10(7)4-2/h6H,3-5H2,1-2H3. The van der Waals surface area contributed by atoms with Gasteiger partial charge in [0, 0.05) is 6.54 Å². The molecule has 3 nitrogen and oxygen atoms in total. The van der Waals surface area contributed by atoms with E-state index >= 15 is 0 Å². The summed E-state index contributed by atoms with van der Waals surface area (Å²) in [5, 5.41) is 7.74. The molecule has 0 aliphatic heterocycles. The Morgan fingerprint density at radius 1 is 1.50 bits per heavy atom. The molecule has 0 unspecified atom stereocenters. The number of nitrogens with zero attached hydrogens (tertiary/aromatic N) is 3. The number of rotatable bonds is 3. The fourth-order valence-corrected chi connectivity index (χ4v) is 0.995. The molecule has 1 rings (SSSR count). The third-order valence-electron chi connectivity index (χ3n) is 1.50. The fourth-order valence-electron chi connectivity index (χ4n) is 0.995. The lowest BCUT2D eigenvalue weighted by Gasteiger charge is -1.98. The average Bonchev–Trinajstić information content (AvgIpc) is 2.36. The van der Waals surface area contributed by atoms with Gasteiger partial charge >= 0.3 is 0 Å². The maximum atomic E-state index is 3.92. The highest BCUT2D eigenvalue weighted by atomic mass is 15.4. The van der Waals surface area contributed by atoms with Crippen LogP contribution in [0.4, 0.5) is 0 Å². The fraction of sp³-hybridized carbons (Fsp3) is 0.714. The topological polar surface area (TPSA) is 30.7 Å². The molecule has 0 bridgehead atoms. The van der Waals surface area contributed by atoms with Crippen LogP contribution in [0.15, 0.2) is 6.20 Å². The Kier molecular flexibility index (Phi) is 2.42. The molecule has 10 heavy (non-hydrogen) atoms. The monoisotopic (exact) mass is 139 g/mol. The van der Waals surface area contributed by atoms with Crippen LogP contribution in [-0.4, -0.2) is 15.0 Å². The van der Waals surface area contributed by atoms with Crippen molar-refractivity contribution in [3.8, 4) is 0 Å². The molecule has 0 spiro atoms. The van der Waals surface area contributed by atoms with Gasteiger partial charge in [0.2, 0.25) is 0 Å². The quantitative estimate of drug-likeness (QED) is 0.631. The molecule has 0 saturated heterocycles. The highest BCUT2D eigenvalue weighted by Gasteiger charge is 1.98. The minimum Gasteiger partial charge on any atom is -0.250 e. The third-order valence-corrected chi connectivity index (χ3v) is 1.50. The molecule has 0 N–H and O–H groups in total. The summed E-state index contributed by atoms with van der Waals surface area (Å²) in [5.74, 6) is 0. The van der Waals surface area contributed by atoms with E-state index in [1.165, 1.54) is 5.69 Å². The molecule has 3 heteroatoms. The van der Waals surface area contributed by atoms with Crippen molar-refractivity contribution in [1.29, 1.82) is 0 Å². The second-order valence-electron chi connectivity index (χ2n) is 2.29. The lowest BCUT2D eigenvalue weighted by molar-refractivity contribution is 0.593. The molecule has 0 fully saturated rings. The van der Waals surface area contributed by atoms with Crippen molar-refractivity contribution >= 4 is 0 Å². The minimum absolute atomic E-state index is 0.926. The first kappa shape index (κ1) is 7.25. The molecule has 0 radical (unpaired) electrons. The van der Waals surface area contributed by atoms with Crippen molar-refractivity contribution in [3.63, 3.8) is 0 Å². The van der Waals surface area contributed by atoms with Crippen LogP contribution < -0.4 is 0 Å². The zero-order valence-corrected chi connectivity index (χ0v) is 6.54. The van der Waals surface area contributed by atoms with Crippen molar-refractivity contribution in [3.05, 3.63) is 11.9 Å². The molecule has 0 aliphatic carbocycles. The molecule has 1 heterocycles. The minimum atomic E-state index is 0.926. The predicted octanol–water partition coefficient (Wildman–Crippen LogP) is 1.25. The summed E-state index contributed by atoms with van der Waals surface area (Å²) in [4.78, 5) is 0. The van der Waals surface area contributed by atoms with Crippen LogP contribution in [0.25, 0.3) is 0 Å². The van der Waals surface area contributed by atoms with Crippen LogP contribution in [-0.2, 0) is 13.0 Å². The number of hydrogen-bond donors (Lipinski definition) is 0. The van der Waals surface area contributed by atoms with E-state index in [-0.39, 0.29) is 0 Å². The van der Waals surface area contributed by atoms with Gasteiger partial charge in [-0.25, -0.2) is 4.68 Å². The van der Waals surface area contributed by atoms with E-state index in [1.807, 2.05) is 10.9 Å². The molecular weight excluding hydrogens is 126 g/mol. The smallest absolute Gasteiger partial charge is 0.0725 e. The second kappa shape index (κ2) is 3.34. The number of aryl methyl sites for hydroxylation is 2. The molecule has 0 aliphatic rings. The van der Waals surface area contributed by atoms with Crippen molar-refractivity contribution in [1.82, 2.24) is 15.0 Å². The summed E-state index contributed by atoms with van der Waals surface area (Å²) in [7, 11) is 0. The van der Waals surface area contributed by atoms with Crippen LogP contribution in [0.2, 0.25) is 0 Å². The van der Waals surface area contributed by atoms with E-state index in [0.29, 0.717) is 0 Å². The van der Waals surface area contributed by atoms with Gasteiger partial charge in [0.25, 0.3) is 0 Å². The van der Waals surface area contributed by atoms with Crippen LogP contribution in [0.3, 0.4) is 0 Å². The normalized spacial score (nSPS) is 10.2. The summed E-state index contributed by atoms with van der Waals surface area (Å²) < 4.78 is 1.93. The van der Waals surface area contributed by atoms with E-state index in [9.17, 15) is 0 Å². The summed E-state index contributed by atoms with van der Waals surface area (Å²) in [6, 6.07) is 0. The van der Waals surface area contributed by atoms with Crippen LogP contribution >= 0.6 is 0 Å². The van der Waals surface area contributed by atoms with Gasteiger partial charge in [0.15, 0.2) is 0 Å². The Balaban J connectivity index is 2.70. The highest BCUT2D eigenvalue weighted by molar-refractivity contribution is 4.93. The first-order chi connectivity index (χ1) is 4.88. The summed E-state index contributed by atoms with van der Waals surface area (Å²) in [6.07, 6.45) is 4.08. The zero-order chi connectivity index (χ0) is 7.40. The molecule has 0 saturated carbocycles. The van der Waals surface area contributed by atoms with Gasteiger partial charge in [-0.2, -0.15) is 0 Å². The number of aromatic nitrogens is 3. The maximum Gasteiger partial charge on any atom is 0.0725 e. The highest BCUT2D eigenvalue weighted by Crippen LogP contribution is 1.99. The van der Waals surface area contributed by atoms with Crippen molar-refractivity contribution < 1.29 is 0 Å². The molecule has 1 aromatic heterocycles. The Labute approximate surface area is 61.1 Å². The molecule has 0 aromatic carbocycles. The van der Waals surface area contributed by atoms with E-state index in [1.54, 1.807) is 0 Å². The summed E-state index contributed by atoms with van der Waals surface area (Å²) in [5.41, 5.74) is 1.24.